The minimum absolute atomic E-state index is 0. The van der Waals surface area contributed by atoms with Gasteiger partial charge in [-0.25, -0.2) is 29.9 Å². The molecule has 0 radical (unpaired) electrons. The molecule has 0 N–H and O–H groups in total. The van der Waals surface area contributed by atoms with Gasteiger partial charge in [0, 0.05) is 146 Å². The zero-order chi connectivity index (χ0) is 68.2. The molecule has 98 heavy (non-hydrogen) atoms. The second kappa shape index (κ2) is 33.9. The second-order valence-electron chi connectivity index (χ2n) is 20.6. The molecule has 0 amide bonds. The summed E-state index contributed by atoms with van der Waals surface area (Å²) < 4.78 is 121. The number of halogens is 9. The summed E-state index contributed by atoms with van der Waals surface area (Å²) in [6.07, 6.45) is 6.61. The van der Waals surface area contributed by atoms with Crippen molar-refractivity contribution >= 4 is 0 Å². The maximum atomic E-state index is 12.3. The minimum atomic E-state index is -4.58. The van der Waals surface area contributed by atoms with Crippen LogP contribution in [0.1, 0.15) is 74.3 Å². The van der Waals surface area contributed by atoms with E-state index < -0.39 is 36.0 Å². The van der Waals surface area contributed by atoms with E-state index in [1.54, 1.807) is 55.8 Å². The zero-order valence-corrected chi connectivity index (χ0v) is 59.3. The molecule has 0 aliphatic rings. The summed E-state index contributed by atoms with van der Waals surface area (Å²) in [7, 11) is 3.26. The average Bonchev–Trinajstić information content (AvgIpc) is 1.68. The second-order valence-corrected chi connectivity index (χ2v) is 20.6. The van der Waals surface area contributed by atoms with Crippen LogP contribution in [0.4, 0.5) is 39.5 Å². The van der Waals surface area contributed by atoms with Gasteiger partial charge in [-0.15, -0.1) is 0 Å². The Hall–Kier alpha value is -9.82. The third-order valence-corrected chi connectivity index (χ3v) is 12.8. The molecule has 0 atom stereocenters. The molecule has 39 heteroatoms. The predicted octanol–water partition coefficient (Wildman–Crippen LogP) is 9.79. The third kappa shape index (κ3) is 19.7. The summed E-state index contributed by atoms with van der Waals surface area (Å²) in [6, 6.07) is 26.4. The van der Waals surface area contributed by atoms with E-state index in [2.05, 4.69) is 124 Å². The number of para-hydroxylation sites is 2. The monoisotopic (exact) mass is 1900 g/mol. The van der Waals surface area contributed by atoms with Gasteiger partial charge in [0.05, 0.1) is 0 Å². The van der Waals surface area contributed by atoms with Gasteiger partial charge in [0.15, 0.2) is 0 Å². The summed E-state index contributed by atoms with van der Waals surface area (Å²) in [6.45, 7) is 13.8. The van der Waals surface area contributed by atoms with E-state index in [4.69, 9.17) is 0 Å². The largest absolute Gasteiger partial charge is 2.00 e. The first kappa shape index (κ1) is 77.2. The van der Waals surface area contributed by atoms with Crippen LogP contribution in [-0.4, -0.2) is 103 Å². The summed E-state index contributed by atoms with van der Waals surface area (Å²) in [4.78, 5) is 34.4. The number of alkyl halides is 9. The minimum Gasteiger partial charge on any atom is -0.572 e. The molecule has 12 heterocycles. The van der Waals surface area contributed by atoms with Gasteiger partial charge in [-0.3, -0.25) is 15.3 Å². The summed E-state index contributed by atoms with van der Waals surface area (Å²) in [5.74, 6) is -0.819. The Morgan fingerprint density at radius 3 is 0.929 bits per heavy atom. The van der Waals surface area contributed by atoms with Crippen molar-refractivity contribution in [1.82, 2.24) is 133 Å². The molecule has 12 aromatic heterocycles. The SMILES string of the molecule is CC(C)n1ccnc1-c1nc(C(F)(F)F)n[n-]1.Cc1cc(-c2nccn2-c2ccccc2)[n-]n1.Cc1cc(-c2nccn2-c2ccccc2)[n-]n1.Cc1cc(-c2nccn2C(C)C)[n-]n1.Cn1ccnc1-c1nc(C(F)(F)F)n[n-]1.Cn1ccnc1-c1nc(C(F)(F)F)n[n-]1.[Pt+2].[Pt+2].[Pt+2]. The van der Waals surface area contributed by atoms with Gasteiger partial charge >= 0.3 is 81.7 Å². The number of imidazole rings is 6. The van der Waals surface area contributed by atoms with Crippen LogP contribution < -0.4 is 30.6 Å². The van der Waals surface area contributed by atoms with Crippen molar-refractivity contribution in [2.24, 2.45) is 14.1 Å². The van der Waals surface area contributed by atoms with Gasteiger partial charge in [0.25, 0.3) is 0 Å². The zero-order valence-electron chi connectivity index (χ0n) is 52.5. The van der Waals surface area contributed by atoms with Gasteiger partial charge in [0.1, 0.15) is 52.4 Å². The maximum absolute atomic E-state index is 12.3. The molecule has 0 unspecified atom stereocenters. The molecule has 0 saturated carbocycles. The van der Waals surface area contributed by atoms with Crippen LogP contribution in [0.3, 0.4) is 0 Å². The number of aryl methyl sites for hydroxylation is 5. The fourth-order valence-corrected chi connectivity index (χ4v) is 8.43. The average molecular weight is 1900 g/mol. The first-order chi connectivity index (χ1) is 45.2. The number of rotatable bonds is 10. The van der Waals surface area contributed by atoms with E-state index in [1.165, 1.54) is 27.7 Å². The Labute approximate surface area is 594 Å². The number of hydrogen-bond donors (Lipinski definition) is 0. The molecular weight excluding hydrogens is 1840 g/mol. The molecule has 0 aliphatic heterocycles. The molecule has 14 rings (SSSR count). The molecule has 2 aromatic carbocycles. The van der Waals surface area contributed by atoms with Gasteiger partial charge in [0.2, 0.25) is 0 Å². The smallest absolute Gasteiger partial charge is 0.572 e. The van der Waals surface area contributed by atoms with Crippen LogP contribution in [0.5, 0.6) is 0 Å². The van der Waals surface area contributed by atoms with Gasteiger partial charge in [-0.1, -0.05) is 71.7 Å². The Kier molecular flexibility index (Phi) is 26.7. The van der Waals surface area contributed by atoms with E-state index >= 15 is 0 Å². The quantitative estimate of drug-likeness (QED) is 0.115. The Morgan fingerprint density at radius 2 is 0.633 bits per heavy atom. The summed E-state index contributed by atoms with van der Waals surface area (Å²) in [5.41, 5.74) is 7.33. The Bertz CT molecular complexity index is 4440. The van der Waals surface area contributed by atoms with Crippen LogP contribution in [-0.2, 0) is 95.8 Å². The van der Waals surface area contributed by atoms with Crippen molar-refractivity contribution < 1.29 is 103 Å². The van der Waals surface area contributed by atoms with Crippen LogP contribution in [0.15, 0.2) is 153 Å². The van der Waals surface area contributed by atoms with Crippen LogP contribution in [0.25, 0.3) is 80.9 Å². The molecule has 518 valence electrons. The first-order valence-electron chi connectivity index (χ1n) is 28.2. The molecule has 27 nitrogen and oxygen atoms in total. The number of nitrogens with zero attached hydrogens (tertiary/aromatic N) is 27. The van der Waals surface area contributed by atoms with Crippen molar-refractivity contribution in [3.05, 3.63) is 188 Å². The topological polar surface area (TPSA) is 308 Å². The summed E-state index contributed by atoms with van der Waals surface area (Å²) in [5, 5.41) is 43.2. The molecule has 0 bridgehead atoms. The fourth-order valence-electron chi connectivity index (χ4n) is 8.43. The Morgan fingerprint density at radius 1 is 0.347 bits per heavy atom. The number of benzene rings is 2. The van der Waals surface area contributed by atoms with Gasteiger partial charge < -0.3 is 88.2 Å². The van der Waals surface area contributed by atoms with Crippen LogP contribution in [0, 0.1) is 20.8 Å². The van der Waals surface area contributed by atoms with Gasteiger partial charge in [-0.05, 0) is 72.7 Å². The predicted molar refractivity (Wildman–Crippen MR) is 321 cm³/mol. The maximum Gasteiger partial charge on any atom is 2.00 e. The van der Waals surface area contributed by atoms with Gasteiger partial charge in [-0.2, -0.15) is 39.5 Å². The Balaban J connectivity index is 0.000000185. The fraction of sp³-hybridized carbons (Fsp3) is 0.237. The van der Waals surface area contributed by atoms with E-state index in [9.17, 15) is 39.5 Å². The molecule has 0 fully saturated rings. The number of aromatic nitrogens is 27. The first-order valence-corrected chi connectivity index (χ1v) is 28.2. The van der Waals surface area contributed by atoms with Crippen molar-refractivity contribution in [1.29, 1.82) is 0 Å². The third-order valence-electron chi connectivity index (χ3n) is 12.8. The van der Waals surface area contributed by atoms with Crippen molar-refractivity contribution in [2.45, 2.75) is 79.1 Å². The van der Waals surface area contributed by atoms with Crippen molar-refractivity contribution in [3.63, 3.8) is 0 Å². The molecule has 14 aromatic rings. The standard InChI is InChI=1S/2C13H11N4.C10H13N4.C9H9F3N5.2C7H5F3N5.3Pt/c2*1-10-9-12(16-15-10)13-14-7-8-17(13)11-5-3-2-4-6-11;1-7(2)14-5-4-11-10(14)9-6-8(3)12-13-9;1-5(2)17-4-3-13-7(17)6-14-8(16-15-6)9(10,11)12;2*1-15-3-2-11-5(15)4-12-6(14-13-4)7(8,9)10;;;/h2*2-9H,1H3;4-7H,1-3H3;3-5H,1-2H3;2*2-3H,1H3;;;/q6*-1;3*+2. The van der Waals surface area contributed by atoms with E-state index in [0.29, 0.717) is 6.04 Å². The van der Waals surface area contributed by atoms with Crippen LogP contribution >= 0.6 is 0 Å². The summed E-state index contributed by atoms with van der Waals surface area (Å²) >= 11 is 0. The number of hydrogen-bond acceptors (Lipinski definition) is 15. The molecular formula is C59H54F9N27Pt3. The van der Waals surface area contributed by atoms with E-state index in [1.807, 2.05) is 141 Å². The molecule has 0 saturated heterocycles. The van der Waals surface area contributed by atoms with Crippen molar-refractivity contribution in [2.75, 3.05) is 0 Å². The van der Waals surface area contributed by atoms with Crippen LogP contribution in [0.2, 0.25) is 0 Å². The van der Waals surface area contributed by atoms with E-state index in [-0.39, 0.29) is 104 Å². The van der Waals surface area contributed by atoms with Crippen molar-refractivity contribution in [3.8, 4) is 80.9 Å². The van der Waals surface area contributed by atoms with E-state index in [0.717, 1.165) is 63.0 Å². The molecule has 0 spiro atoms. The molecule has 0 aliphatic carbocycles. The normalized spacial score (nSPS) is 11.1.